The number of ether oxygens (including phenoxy) is 2. The van der Waals surface area contributed by atoms with Gasteiger partial charge in [-0.25, -0.2) is 0 Å². The predicted molar refractivity (Wildman–Crippen MR) is 147 cm³/mol. The molecule has 0 atom stereocenters. The largest absolute Gasteiger partial charge is 0.493 e. The Morgan fingerprint density at radius 2 is 1.58 bits per heavy atom. The second kappa shape index (κ2) is 12.9. The van der Waals surface area contributed by atoms with Crippen LogP contribution in [0.25, 0.3) is 6.08 Å². The van der Waals surface area contributed by atoms with Crippen LogP contribution in [0.5, 0.6) is 11.5 Å². The lowest BCUT2D eigenvalue weighted by molar-refractivity contribution is -0.117. The normalized spacial score (nSPS) is 13.2. The topological polar surface area (TPSA) is 96.9 Å². The van der Waals surface area contributed by atoms with Crippen molar-refractivity contribution >= 4 is 17.9 Å². The summed E-state index contributed by atoms with van der Waals surface area (Å²) >= 11 is 0. The van der Waals surface area contributed by atoms with E-state index in [1.165, 1.54) is 11.1 Å². The van der Waals surface area contributed by atoms with E-state index in [0.29, 0.717) is 35.2 Å². The van der Waals surface area contributed by atoms with Crippen molar-refractivity contribution in [2.75, 3.05) is 19.8 Å². The predicted octanol–water partition coefficient (Wildman–Crippen LogP) is 4.15. The minimum absolute atomic E-state index is 0.0483. The monoisotopic (exact) mass is 514 g/mol. The quantitative estimate of drug-likeness (QED) is 0.334. The number of fused-ring (bicyclic) bond motifs is 1. The first-order valence-electron chi connectivity index (χ1n) is 12.9. The maximum absolute atomic E-state index is 13.0. The summed E-state index contributed by atoms with van der Waals surface area (Å²) in [5.74, 6) is 0.928. The molecule has 3 aromatic carbocycles. The second-order valence-corrected chi connectivity index (χ2v) is 9.61. The van der Waals surface area contributed by atoms with Crippen molar-refractivity contribution in [3.8, 4) is 11.5 Å². The van der Waals surface area contributed by atoms with Gasteiger partial charge in [0, 0.05) is 18.0 Å². The van der Waals surface area contributed by atoms with Gasteiger partial charge in [-0.2, -0.15) is 0 Å². The molecule has 0 aromatic heterocycles. The summed E-state index contributed by atoms with van der Waals surface area (Å²) in [4.78, 5) is 25.6. The molecule has 0 fully saturated rings. The zero-order chi connectivity index (χ0) is 26.9. The summed E-state index contributed by atoms with van der Waals surface area (Å²) in [5.41, 5.74) is 3.96. The van der Waals surface area contributed by atoms with Gasteiger partial charge in [0.05, 0.1) is 19.3 Å². The molecule has 3 N–H and O–H groups in total. The van der Waals surface area contributed by atoms with E-state index in [1.54, 1.807) is 54.6 Å². The van der Waals surface area contributed by atoms with E-state index in [1.807, 2.05) is 13.8 Å². The van der Waals surface area contributed by atoms with Gasteiger partial charge in [-0.1, -0.05) is 36.4 Å². The van der Waals surface area contributed by atoms with E-state index in [4.69, 9.17) is 14.6 Å². The first-order chi connectivity index (χ1) is 18.4. The summed E-state index contributed by atoms with van der Waals surface area (Å²) in [6.07, 6.45) is 3.66. The molecule has 0 saturated heterocycles. The number of aliphatic hydroxyl groups is 1. The van der Waals surface area contributed by atoms with Crippen LogP contribution < -0.4 is 20.1 Å². The third kappa shape index (κ3) is 7.46. The van der Waals surface area contributed by atoms with Gasteiger partial charge >= 0.3 is 0 Å². The van der Waals surface area contributed by atoms with Crippen LogP contribution in [0.2, 0.25) is 0 Å². The average molecular weight is 515 g/mol. The Bertz CT molecular complexity index is 1240. The van der Waals surface area contributed by atoms with Crippen LogP contribution in [0, 0.1) is 5.92 Å². The Morgan fingerprint density at radius 3 is 2.18 bits per heavy atom. The lowest BCUT2D eigenvalue weighted by Gasteiger charge is -2.13. The number of benzene rings is 3. The molecule has 0 radical (unpaired) electrons. The number of rotatable bonds is 11. The molecule has 0 spiro atoms. The lowest BCUT2D eigenvalue weighted by atomic mass is 10.1. The molecule has 7 nitrogen and oxygen atoms in total. The van der Waals surface area contributed by atoms with E-state index in [0.717, 1.165) is 12.8 Å². The Balaban J connectivity index is 1.38. The summed E-state index contributed by atoms with van der Waals surface area (Å²) < 4.78 is 11.7. The molecule has 7 heteroatoms. The molecule has 2 amide bonds. The number of amides is 2. The standard InChI is InChI=1S/C31H34N2O5/c1-21(2)38-28-11-7-22(8-12-28)19-29(31(36)32-15-16-34)33-30(35)24-9-13-27(14-10-24)37-20-23-17-25-5-3-4-6-26(25)18-23/h3-14,19,21,23,34H,15-18,20H2,1-2H3,(H,32,36)(H,33,35)/b29-19+. The molecule has 3 aromatic rings. The summed E-state index contributed by atoms with van der Waals surface area (Å²) in [7, 11) is 0. The lowest BCUT2D eigenvalue weighted by Crippen LogP contribution is -2.36. The number of hydrogen-bond donors (Lipinski definition) is 3. The molecule has 0 unspecified atom stereocenters. The van der Waals surface area contributed by atoms with Gasteiger partial charge < -0.3 is 25.2 Å². The second-order valence-electron chi connectivity index (χ2n) is 9.61. The fourth-order valence-electron chi connectivity index (χ4n) is 4.38. The van der Waals surface area contributed by atoms with Gasteiger partial charge in [0.25, 0.3) is 11.8 Å². The van der Waals surface area contributed by atoms with Crippen LogP contribution in [-0.2, 0) is 17.6 Å². The highest BCUT2D eigenvalue weighted by Crippen LogP contribution is 2.27. The van der Waals surface area contributed by atoms with Crippen molar-refractivity contribution in [3.05, 3.63) is 101 Å². The van der Waals surface area contributed by atoms with Crippen LogP contribution >= 0.6 is 0 Å². The number of carbonyl (C=O) groups is 2. The first-order valence-corrected chi connectivity index (χ1v) is 12.9. The molecule has 4 rings (SSSR count). The molecule has 0 bridgehead atoms. The highest BCUT2D eigenvalue weighted by molar-refractivity contribution is 6.05. The Hall–Kier alpha value is -4.10. The minimum atomic E-state index is -0.493. The van der Waals surface area contributed by atoms with Crippen LogP contribution in [0.15, 0.2) is 78.5 Å². The van der Waals surface area contributed by atoms with Crippen molar-refractivity contribution in [1.82, 2.24) is 10.6 Å². The zero-order valence-electron chi connectivity index (χ0n) is 21.8. The van der Waals surface area contributed by atoms with Crippen LogP contribution in [0.1, 0.15) is 40.9 Å². The van der Waals surface area contributed by atoms with Gasteiger partial charge in [-0.05, 0) is 85.9 Å². The highest BCUT2D eigenvalue weighted by atomic mass is 16.5. The molecule has 0 aliphatic heterocycles. The zero-order valence-corrected chi connectivity index (χ0v) is 21.8. The highest BCUT2D eigenvalue weighted by Gasteiger charge is 2.21. The van der Waals surface area contributed by atoms with Gasteiger partial charge in [0.1, 0.15) is 17.2 Å². The third-order valence-corrected chi connectivity index (χ3v) is 6.19. The van der Waals surface area contributed by atoms with Gasteiger partial charge in [-0.3, -0.25) is 9.59 Å². The van der Waals surface area contributed by atoms with E-state index in [2.05, 4.69) is 34.9 Å². The van der Waals surface area contributed by atoms with Crippen LogP contribution in [0.4, 0.5) is 0 Å². The number of nitrogens with one attached hydrogen (secondary N) is 2. The van der Waals surface area contributed by atoms with Crippen LogP contribution in [0.3, 0.4) is 0 Å². The van der Waals surface area contributed by atoms with E-state index >= 15 is 0 Å². The van der Waals surface area contributed by atoms with E-state index in [9.17, 15) is 9.59 Å². The van der Waals surface area contributed by atoms with E-state index in [-0.39, 0.29) is 25.0 Å². The smallest absolute Gasteiger partial charge is 0.267 e. The number of aliphatic hydroxyl groups excluding tert-OH is 1. The number of hydrogen-bond acceptors (Lipinski definition) is 5. The molecule has 0 saturated carbocycles. The molecule has 1 aliphatic carbocycles. The van der Waals surface area contributed by atoms with Gasteiger partial charge in [0.15, 0.2) is 0 Å². The Kier molecular flexibility index (Phi) is 9.16. The molecule has 1 aliphatic rings. The van der Waals surface area contributed by atoms with Crippen molar-refractivity contribution in [2.24, 2.45) is 5.92 Å². The van der Waals surface area contributed by atoms with Crippen molar-refractivity contribution in [1.29, 1.82) is 0 Å². The van der Waals surface area contributed by atoms with Crippen molar-refractivity contribution < 1.29 is 24.2 Å². The Labute approximate surface area is 223 Å². The van der Waals surface area contributed by atoms with Crippen LogP contribution in [-0.4, -0.2) is 42.8 Å². The maximum atomic E-state index is 13.0. The average Bonchev–Trinajstić information content (AvgIpc) is 3.34. The molecule has 198 valence electrons. The SMILES string of the molecule is CC(C)Oc1ccc(/C=C(/NC(=O)c2ccc(OCC3Cc4ccccc4C3)cc2)C(=O)NCCO)cc1. The summed E-state index contributed by atoms with van der Waals surface area (Å²) in [6.45, 7) is 4.37. The molecule has 0 heterocycles. The number of carbonyl (C=O) groups excluding carboxylic acids is 2. The Morgan fingerprint density at radius 1 is 0.947 bits per heavy atom. The molecular formula is C31H34N2O5. The summed E-state index contributed by atoms with van der Waals surface area (Å²) in [6, 6.07) is 22.6. The third-order valence-electron chi connectivity index (χ3n) is 6.19. The fourth-order valence-corrected chi connectivity index (χ4v) is 4.38. The maximum Gasteiger partial charge on any atom is 0.267 e. The van der Waals surface area contributed by atoms with Gasteiger partial charge in [-0.15, -0.1) is 0 Å². The summed E-state index contributed by atoms with van der Waals surface area (Å²) in [5, 5.41) is 14.4. The first kappa shape index (κ1) is 26.9. The van der Waals surface area contributed by atoms with Gasteiger partial charge in [0.2, 0.25) is 0 Å². The molecular weight excluding hydrogens is 480 g/mol. The minimum Gasteiger partial charge on any atom is -0.493 e. The van der Waals surface area contributed by atoms with E-state index < -0.39 is 11.8 Å². The van der Waals surface area contributed by atoms with Crippen molar-refractivity contribution in [2.45, 2.75) is 32.8 Å². The molecule has 38 heavy (non-hydrogen) atoms. The fraction of sp³-hybridized carbons (Fsp3) is 0.290. The van der Waals surface area contributed by atoms with Crippen molar-refractivity contribution in [3.63, 3.8) is 0 Å².